The second kappa shape index (κ2) is 6.82. The Kier molecular flexibility index (Phi) is 4.59. The quantitative estimate of drug-likeness (QED) is 0.700. The van der Waals surface area contributed by atoms with Gasteiger partial charge >= 0.3 is 0 Å². The molecule has 2 heterocycles. The molecular weight excluding hydrogens is 351 g/mol. The smallest absolute Gasteiger partial charge is 0.275 e. The SMILES string of the molecule is O=C(Nc1cccc(-c2ccc(=O)[nH]n2)c1)c1nc(Cl)ccc1Cl. The lowest BCUT2D eigenvalue weighted by Crippen LogP contribution is -2.14. The van der Waals surface area contributed by atoms with Crippen molar-refractivity contribution >= 4 is 34.8 Å². The molecule has 1 aromatic carbocycles. The number of rotatable bonds is 3. The van der Waals surface area contributed by atoms with E-state index in [-0.39, 0.29) is 21.4 Å². The van der Waals surface area contributed by atoms with E-state index in [1.54, 1.807) is 30.3 Å². The van der Waals surface area contributed by atoms with Gasteiger partial charge in [0.05, 0.1) is 10.7 Å². The molecule has 0 bridgehead atoms. The van der Waals surface area contributed by atoms with Crippen molar-refractivity contribution in [2.45, 2.75) is 0 Å². The molecular formula is C16H10Cl2N4O2. The molecule has 2 N–H and O–H groups in total. The van der Waals surface area contributed by atoms with Gasteiger partial charge in [-0.05, 0) is 30.3 Å². The number of aromatic amines is 1. The van der Waals surface area contributed by atoms with E-state index >= 15 is 0 Å². The number of halogens is 2. The van der Waals surface area contributed by atoms with Crippen LogP contribution in [0, 0.1) is 0 Å². The number of hydrogen-bond donors (Lipinski definition) is 2. The van der Waals surface area contributed by atoms with Gasteiger partial charge in [0.25, 0.3) is 11.5 Å². The molecule has 0 atom stereocenters. The molecule has 0 unspecified atom stereocenters. The average molecular weight is 361 g/mol. The molecule has 0 saturated carbocycles. The van der Waals surface area contributed by atoms with Crippen LogP contribution in [0.15, 0.2) is 53.3 Å². The molecule has 24 heavy (non-hydrogen) atoms. The number of anilines is 1. The summed E-state index contributed by atoms with van der Waals surface area (Å²) in [5, 5.41) is 9.40. The number of H-pyrrole nitrogens is 1. The summed E-state index contributed by atoms with van der Waals surface area (Å²) < 4.78 is 0. The Balaban J connectivity index is 1.87. The number of aromatic nitrogens is 3. The molecule has 120 valence electrons. The van der Waals surface area contributed by atoms with Crippen molar-refractivity contribution in [2.24, 2.45) is 0 Å². The Labute approximate surface area is 146 Å². The van der Waals surface area contributed by atoms with E-state index in [1.807, 2.05) is 0 Å². The van der Waals surface area contributed by atoms with Crippen molar-refractivity contribution in [3.63, 3.8) is 0 Å². The van der Waals surface area contributed by atoms with E-state index < -0.39 is 5.91 Å². The molecule has 3 aromatic rings. The highest BCUT2D eigenvalue weighted by atomic mass is 35.5. The van der Waals surface area contributed by atoms with Crippen LogP contribution in [0.1, 0.15) is 10.5 Å². The maximum absolute atomic E-state index is 12.3. The first-order chi connectivity index (χ1) is 11.5. The van der Waals surface area contributed by atoms with Crippen LogP contribution in [0.2, 0.25) is 10.2 Å². The first-order valence-corrected chi connectivity index (χ1v) is 7.58. The molecule has 0 aliphatic carbocycles. The third kappa shape index (κ3) is 3.61. The van der Waals surface area contributed by atoms with Crippen molar-refractivity contribution in [3.8, 4) is 11.3 Å². The second-order valence-corrected chi connectivity index (χ2v) is 5.60. The molecule has 8 heteroatoms. The van der Waals surface area contributed by atoms with Gasteiger partial charge in [0.1, 0.15) is 10.8 Å². The van der Waals surface area contributed by atoms with Gasteiger partial charge in [-0.2, -0.15) is 5.10 Å². The van der Waals surface area contributed by atoms with Crippen LogP contribution in [0.4, 0.5) is 5.69 Å². The zero-order chi connectivity index (χ0) is 17.1. The van der Waals surface area contributed by atoms with Gasteiger partial charge in [-0.15, -0.1) is 0 Å². The van der Waals surface area contributed by atoms with Crippen molar-refractivity contribution < 1.29 is 4.79 Å². The molecule has 6 nitrogen and oxygen atoms in total. The Hall–Kier alpha value is -2.70. The number of amides is 1. The first kappa shape index (κ1) is 16.2. The summed E-state index contributed by atoms with van der Waals surface area (Å²) in [6.07, 6.45) is 0. The van der Waals surface area contributed by atoms with Crippen LogP contribution < -0.4 is 10.9 Å². The third-order valence-electron chi connectivity index (χ3n) is 3.12. The number of nitrogens with zero attached hydrogens (tertiary/aromatic N) is 2. The molecule has 0 saturated heterocycles. The fraction of sp³-hybridized carbons (Fsp3) is 0. The van der Waals surface area contributed by atoms with Gasteiger partial charge in [0.2, 0.25) is 0 Å². The van der Waals surface area contributed by atoms with E-state index in [0.717, 1.165) is 5.56 Å². The molecule has 0 spiro atoms. The number of hydrogen-bond acceptors (Lipinski definition) is 4. The predicted octanol–water partition coefficient (Wildman–Crippen LogP) is 3.39. The Morgan fingerprint density at radius 2 is 1.92 bits per heavy atom. The third-order valence-corrected chi connectivity index (χ3v) is 3.64. The monoisotopic (exact) mass is 360 g/mol. The lowest BCUT2D eigenvalue weighted by molar-refractivity contribution is 0.102. The molecule has 2 aromatic heterocycles. The van der Waals surface area contributed by atoms with E-state index in [9.17, 15) is 9.59 Å². The topological polar surface area (TPSA) is 87.7 Å². The van der Waals surface area contributed by atoms with Crippen LogP contribution in [0.5, 0.6) is 0 Å². The minimum absolute atomic E-state index is 0.0386. The van der Waals surface area contributed by atoms with Gasteiger partial charge < -0.3 is 5.32 Å². The number of pyridine rings is 1. The van der Waals surface area contributed by atoms with Crippen LogP contribution >= 0.6 is 23.2 Å². The fourth-order valence-corrected chi connectivity index (χ4v) is 2.37. The average Bonchev–Trinajstić information content (AvgIpc) is 2.58. The van der Waals surface area contributed by atoms with Gasteiger partial charge in [-0.1, -0.05) is 35.3 Å². The summed E-state index contributed by atoms with van der Waals surface area (Å²) in [6, 6.07) is 13.0. The highest BCUT2D eigenvalue weighted by Crippen LogP contribution is 2.22. The lowest BCUT2D eigenvalue weighted by Gasteiger charge is -2.08. The lowest BCUT2D eigenvalue weighted by atomic mass is 10.1. The number of carbonyl (C=O) groups excluding carboxylic acids is 1. The summed E-state index contributed by atoms with van der Waals surface area (Å²) in [6.45, 7) is 0. The number of carbonyl (C=O) groups is 1. The minimum atomic E-state index is -0.478. The Morgan fingerprint density at radius 3 is 2.67 bits per heavy atom. The number of benzene rings is 1. The summed E-state index contributed by atoms with van der Waals surface area (Å²) in [5.41, 5.74) is 1.59. The van der Waals surface area contributed by atoms with Crippen LogP contribution in [-0.4, -0.2) is 21.1 Å². The summed E-state index contributed by atoms with van der Waals surface area (Å²) in [7, 11) is 0. The highest BCUT2D eigenvalue weighted by molar-refractivity contribution is 6.35. The molecule has 0 aliphatic heterocycles. The fourth-order valence-electron chi connectivity index (χ4n) is 2.03. The minimum Gasteiger partial charge on any atom is -0.321 e. The zero-order valence-electron chi connectivity index (χ0n) is 12.1. The molecule has 0 radical (unpaired) electrons. The first-order valence-electron chi connectivity index (χ1n) is 6.82. The van der Waals surface area contributed by atoms with Crippen molar-refractivity contribution in [1.82, 2.24) is 15.2 Å². The summed E-state index contributed by atoms with van der Waals surface area (Å²) >= 11 is 11.8. The van der Waals surface area contributed by atoms with Gasteiger partial charge in [0.15, 0.2) is 0 Å². The van der Waals surface area contributed by atoms with Crippen molar-refractivity contribution in [2.75, 3.05) is 5.32 Å². The highest BCUT2D eigenvalue weighted by Gasteiger charge is 2.13. The van der Waals surface area contributed by atoms with E-state index in [4.69, 9.17) is 23.2 Å². The van der Waals surface area contributed by atoms with E-state index in [0.29, 0.717) is 11.4 Å². The Morgan fingerprint density at radius 1 is 1.08 bits per heavy atom. The standard InChI is InChI=1S/C16H10Cl2N4O2/c17-11-4-6-13(18)20-15(11)16(24)19-10-3-1-2-9(8-10)12-5-7-14(23)22-21-12/h1-8H,(H,19,24)(H,22,23). The maximum Gasteiger partial charge on any atom is 0.275 e. The summed E-state index contributed by atoms with van der Waals surface area (Å²) in [5.74, 6) is -0.478. The van der Waals surface area contributed by atoms with Crippen LogP contribution in [0.3, 0.4) is 0 Å². The maximum atomic E-state index is 12.3. The van der Waals surface area contributed by atoms with Crippen molar-refractivity contribution in [3.05, 3.63) is 74.8 Å². The van der Waals surface area contributed by atoms with Crippen LogP contribution in [-0.2, 0) is 0 Å². The largest absolute Gasteiger partial charge is 0.321 e. The second-order valence-electron chi connectivity index (χ2n) is 4.81. The molecule has 3 rings (SSSR count). The number of nitrogens with one attached hydrogen (secondary N) is 2. The van der Waals surface area contributed by atoms with Crippen LogP contribution in [0.25, 0.3) is 11.3 Å². The van der Waals surface area contributed by atoms with Gasteiger partial charge in [-0.3, -0.25) is 9.59 Å². The van der Waals surface area contributed by atoms with E-state index in [2.05, 4.69) is 20.5 Å². The zero-order valence-corrected chi connectivity index (χ0v) is 13.6. The predicted molar refractivity (Wildman–Crippen MR) is 92.5 cm³/mol. The van der Waals surface area contributed by atoms with E-state index in [1.165, 1.54) is 18.2 Å². The van der Waals surface area contributed by atoms with Gasteiger partial charge in [-0.25, -0.2) is 10.1 Å². The normalized spacial score (nSPS) is 10.4. The summed E-state index contributed by atoms with van der Waals surface area (Å²) in [4.78, 5) is 27.3. The molecule has 0 aliphatic rings. The van der Waals surface area contributed by atoms with Gasteiger partial charge in [0, 0.05) is 17.3 Å². The molecule has 1 amide bonds. The molecule has 0 fully saturated rings. The van der Waals surface area contributed by atoms with Crippen molar-refractivity contribution in [1.29, 1.82) is 0 Å². The Bertz CT molecular complexity index is 952.